The van der Waals surface area contributed by atoms with E-state index in [1.807, 2.05) is 30.3 Å². The Hall–Kier alpha value is -6.46. The Morgan fingerprint density at radius 1 is 0.944 bits per heavy atom. The zero-order valence-electron chi connectivity index (χ0n) is 30.0. The summed E-state index contributed by atoms with van der Waals surface area (Å²) in [5.41, 5.74) is 6.80. The Labute approximate surface area is 310 Å². The molecular formula is C37H41N7O10. The van der Waals surface area contributed by atoms with E-state index in [0.717, 1.165) is 16.2 Å². The lowest BCUT2D eigenvalue weighted by Crippen LogP contribution is -2.35. The van der Waals surface area contributed by atoms with E-state index in [1.54, 1.807) is 38.1 Å². The van der Waals surface area contributed by atoms with Crippen LogP contribution in [0.3, 0.4) is 0 Å². The van der Waals surface area contributed by atoms with Crippen LogP contribution in [0.25, 0.3) is 11.3 Å². The molecule has 0 aliphatic heterocycles. The molecule has 1 heterocycles. The van der Waals surface area contributed by atoms with Crippen molar-refractivity contribution in [3.05, 3.63) is 122 Å². The second-order valence-electron chi connectivity index (χ2n) is 12.0. The van der Waals surface area contributed by atoms with Gasteiger partial charge in [0.2, 0.25) is 5.91 Å². The number of esters is 1. The van der Waals surface area contributed by atoms with E-state index in [-0.39, 0.29) is 60.9 Å². The second kappa shape index (κ2) is 20.0. The van der Waals surface area contributed by atoms with Gasteiger partial charge in [-0.2, -0.15) is 4.99 Å². The van der Waals surface area contributed by atoms with Gasteiger partial charge >= 0.3 is 12.1 Å². The first kappa shape index (κ1) is 40.3. The third-order valence-corrected chi connectivity index (χ3v) is 7.49. The van der Waals surface area contributed by atoms with Gasteiger partial charge in [0.05, 0.1) is 42.2 Å². The SMILES string of the molecule is COCCOCCOC(=O)c1cc(-c2cnc(NC(C)C)c(=O)n2CC(=O)NCc2ccc(/C(N)=N\C(=O)OCc3ccccc3)cc2)cc([N+](=O)[O-])c1. The number of nitro groups is 1. The molecule has 3 aromatic carbocycles. The molecule has 4 aromatic rings. The van der Waals surface area contributed by atoms with Crippen LogP contribution in [0.5, 0.6) is 0 Å². The van der Waals surface area contributed by atoms with Gasteiger partial charge in [0.25, 0.3) is 11.2 Å². The van der Waals surface area contributed by atoms with E-state index in [1.165, 1.54) is 25.4 Å². The zero-order valence-corrected chi connectivity index (χ0v) is 30.0. The third kappa shape index (κ3) is 12.1. The number of rotatable bonds is 18. The molecule has 1 aromatic heterocycles. The van der Waals surface area contributed by atoms with Crippen molar-refractivity contribution in [3.63, 3.8) is 0 Å². The lowest BCUT2D eigenvalue weighted by Gasteiger charge is -2.16. The third-order valence-electron chi connectivity index (χ3n) is 7.49. The molecule has 4 N–H and O–H groups in total. The van der Waals surface area contributed by atoms with Crippen LogP contribution >= 0.6 is 0 Å². The van der Waals surface area contributed by atoms with Crippen molar-refractivity contribution in [3.8, 4) is 11.3 Å². The molecule has 0 bridgehead atoms. The molecular weight excluding hydrogens is 702 g/mol. The van der Waals surface area contributed by atoms with Crippen LogP contribution in [0, 0.1) is 10.1 Å². The topological polar surface area (TPSA) is 229 Å². The Bertz CT molecular complexity index is 2020. The molecule has 17 nitrogen and oxygen atoms in total. The fourth-order valence-corrected chi connectivity index (χ4v) is 4.86. The first-order chi connectivity index (χ1) is 25.9. The molecule has 54 heavy (non-hydrogen) atoms. The Morgan fingerprint density at radius 2 is 1.67 bits per heavy atom. The molecule has 2 amide bonds. The van der Waals surface area contributed by atoms with Crippen LogP contribution in [-0.4, -0.2) is 77.9 Å². The lowest BCUT2D eigenvalue weighted by atomic mass is 10.1. The monoisotopic (exact) mass is 743 g/mol. The summed E-state index contributed by atoms with van der Waals surface area (Å²) in [4.78, 5) is 71.1. The normalized spacial score (nSPS) is 11.2. The highest BCUT2D eigenvalue weighted by Crippen LogP contribution is 2.26. The molecule has 284 valence electrons. The predicted octanol–water partition coefficient (Wildman–Crippen LogP) is 3.82. The van der Waals surface area contributed by atoms with Crippen molar-refractivity contribution >= 4 is 35.3 Å². The van der Waals surface area contributed by atoms with Crippen molar-refractivity contribution < 1.29 is 38.3 Å². The number of non-ortho nitro benzene ring substituents is 1. The van der Waals surface area contributed by atoms with Crippen LogP contribution in [-0.2, 0) is 43.4 Å². The van der Waals surface area contributed by atoms with Crippen LogP contribution in [0.1, 0.15) is 40.9 Å². The summed E-state index contributed by atoms with van der Waals surface area (Å²) in [6, 6.07) is 19.1. The highest BCUT2D eigenvalue weighted by molar-refractivity contribution is 6.02. The van der Waals surface area contributed by atoms with E-state index >= 15 is 0 Å². The number of benzene rings is 3. The second-order valence-corrected chi connectivity index (χ2v) is 12.0. The number of nitrogens with one attached hydrogen (secondary N) is 2. The van der Waals surface area contributed by atoms with Crippen LogP contribution in [0.2, 0.25) is 0 Å². The predicted molar refractivity (Wildman–Crippen MR) is 198 cm³/mol. The minimum Gasteiger partial charge on any atom is -0.460 e. The maximum atomic E-state index is 13.6. The average molecular weight is 744 g/mol. The van der Waals surface area contributed by atoms with E-state index in [4.69, 9.17) is 24.7 Å². The number of aromatic nitrogens is 2. The molecule has 17 heteroatoms. The summed E-state index contributed by atoms with van der Waals surface area (Å²) in [7, 11) is 1.52. The number of amidine groups is 1. The fraction of sp³-hybridized carbons (Fsp3) is 0.297. The number of ether oxygens (including phenoxy) is 4. The van der Waals surface area contributed by atoms with Gasteiger partial charge in [-0.05, 0) is 31.0 Å². The number of hydrogen-bond acceptors (Lipinski definition) is 12. The molecule has 0 saturated carbocycles. The largest absolute Gasteiger partial charge is 0.460 e. The fourth-order valence-electron chi connectivity index (χ4n) is 4.86. The number of amides is 2. The van der Waals surface area contributed by atoms with Gasteiger partial charge in [-0.15, -0.1) is 0 Å². The molecule has 0 unspecified atom stereocenters. The van der Waals surface area contributed by atoms with Gasteiger partial charge in [0.15, 0.2) is 5.82 Å². The number of carbonyl (C=O) groups is 3. The molecule has 0 fully saturated rings. The van der Waals surface area contributed by atoms with Crippen molar-refractivity contribution in [2.24, 2.45) is 10.7 Å². The van der Waals surface area contributed by atoms with Crippen LogP contribution in [0.4, 0.5) is 16.3 Å². The number of methoxy groups -OCH3 is 1. The average Bonchev–Trinajstić information content (AvgIpc) is 3.16. The van der Waals surface area contributed by atoms with Gasteiger partial charge in [-0.1, -0.05) is 54.6 Å². The minimum atomic E-state index is -0.852. The van der Waals surface area contributed by atoms with Crippen LogP contribution < -0.4 is 21.9 Å². The number of aliphatic imine (C=N–C) groups is 1. The van der Waals surface area contributed by atoms with Gasteiger partial charge in [0.1, 0.15) is 25.6 Å². The van der Waals surface area contributed by atoms with Crippen molar-refractivity contribution in [1.82, 2.24) is 14.9 Å². The highest BCUT2D eigenvalue weighted by Gasteiger charge is 2.21. The van der Waals surface area contributed by atoms with Gasteiger partial charge in [-0.3, -0.25) is 24.3 Å². The molecule has 0 atom stereocenters. The summed E-state index contributed by atoms with van der Waals surface area (Å²) in [6.45, 7) is 3.83. The van der Waals surface area contributed by atoms with E-state index < -0.39 is 40.7 Å². The molecule has 0 spiro atoms. The van der Waals surface area contributed by atoms with Gasteiger partial charge in [-0.25, -0.2) is 14.6 Å². The van der Waals surface area contributed by atoms with Crippen molar-refractivity contribution in [2.75, 3.05) is 38.9 Å². The van der Waals surface area contributed by atoms with E-state index in [0.29, 0.717) is 24.3 Å². The number of hydrogen-bond donors (Lipinski definition) is 3. The number of nitrogens with zero attached hydrogens (tertiary/aromatic N) is 4. The first-order valence-electron chi connectivity index (χ1n) is 16.8. The Morgan fingerprint density at radius 3 is 2.35 bits per heavy atom. The minimum absolute atomic E-state index is 0.0427. The molecule has 0 saturated heterocycles. The quantitative estimate of drug-likeness (QED) is 0.0329. The number of carbonyl (C=O) groups excluding carboxylic acids is 3. The summed E-state index contributed by atoms with van der Waals surface area (Å²) in [5, 5.41) is 17.5. The van der Waals surface area contributed by atoms with Crippen LogP contribution in [0.15, 0.2) is 88.8 Å². The smallest absolute Gasteiger partial charge is 0.435 e. The summed E-state index contributed by atoms with van der Waals surface area (Å²) in [6.07, 6.45) is 0.449. The first-order valence-corrected chi connectivity index (χ1v) is 16.8. The Kier molecular flexibility index (Phi) is 14.9. The molecule has 0 aliphatic carbocycles. The Balaban J connectivity index is 1.49. The van der Waals surface area contributed by atoms with Gasteiger partial charge < -0.3 is 35.3 Å². The van der Waals surface area contributed by atoms with Crippen molar-refractivity contribution in [1.29, 1.82) is 0 Å². The maximum Gasteiger partial charge on any atom is 0.435 e. The summed E-state index contributed by atoms with van der Waals surface area (Å²) in [5.74, 6) is -1.51. The van der Waals surface area contributed by atoms with Crippen molar-refractivity contribution in [2.45, 2.75) is 39.6 Å². The number of nitrogens with two attached hydrogens (primary N) is 1. The van der Waals surface area contributed by atoms with Gasteiger partial charge in [0, 0.05) is 43.0 Å². The standard InChI is InChI=1S/C37H41N7O10/c1-24(2)41-34-35(46)43(31(21-40-34)28-17-29(19-30(18-28)44(49)50)36(47)53-16-15-52-14-13-51-3)22-32(45)39-20-25-9-11-27(12-10-25)33(38)42-37(48)54-23-26-7-5-4-6-8-26/h4-12,17-19,21,24H,13-16,20,22-23H2,1-3H3,(H,39,45)(H,40,41)(H2,38,42,48). The highest BCUT2D eigenvalue weighted by atomic mass is 16.6. The zero-order chi connectivity index (χ0) is 39.0. The molecule has 0 radical (unpaired) electrons. The molecule has 4 rings (SSSR count). The lowest BCUT2D eigenvalue weighted by molar-refractivity contribution is -0.384. The van der Waals surface area contributed by atoms with E-state index in [2.05, 4.69) is 20.6 Å². The summed E-state index contributed by atoms with van der Waals surface area (Å²) >= 11 is 0. The number of nitro benzene ring substituents is 1. The number of anilines is 1. The summed E-state index contributed by atoms with van der Waals surface area (Å²) < 4.78 is 21.7. The molecule has 0 aliphatic rings. The van der Waals surface area contributed by atoms with E-state index in [9.17, 15) is 29.3 Å². The maximum absolute atomic E-state index is 13.6.